The van der Waals surface area contributed by atoms with Crippen molar-refractivity contribution in [2.45, 2.75) is 32.4 Å². The van der Waals surface area contributed by atoms with Crippen molar-refractivity contribution in [3.8, 4) is 0 Å². The molecule has 4 nitrogen and oxygen atoms in total. The minimum Gasteiger partial charge on any atom is -0.382 e. The molecule has 0 unspecified atom stereocenters. The van der Waals surface area contributed by atoms with Gasteiger partial charge in [0.25, 0.3) is 0 Å². The van der Waals surface area contributed by atoms with Gasteiger partial charge in [-0.3, -0.25) is 0 Å². The molecule has 1 heterocycles. The van der Waals surface area contributed by atoms with Crippen LogP contribution in [0.5, 0.6) is 0 Å². The van der Waals surface area contributed by atoms with Gasteiger partial charge in [0.15, 0.2) is 0 Å². The summed E-state index contributed by atoms with van der Waals surface area (Å²) >= 11 is 3.57. The van der Waals surface area contributed by atoms with Gasteiger partial charge in [-0.15, -0.1) is 0 Å². The zero-order valence-electron chi connectivity index (χ0n) is 12.1. The van der Waals surface area contributed by atoms with E-state index in [4.69, 9.17) is 14.2 Å². The number of ether oxygens (including phenoxy) is 3. The third-order valence-corrected chi connectivity index (χ3v) is 3.98. The molecule has 1 fully saturated rings. The van der Waals surface area contributed by atoms with E-state index in [1.165, 1.54) is 16.8 Å². The first-order valence-corrected chi connectivity index (χ1v) is 7.70. The summed E-state index contributed by atoms with van der Waals surface area (Å²) in [7, 11) is 1.63. The van der Waals surface area contributed by atoms with Crippen LogP contribution in [-0.2, 0) is 20.8 Å². The highest BCUT2D eigenvalue weighted by molar-refractivity contribution is 9.10. The maximum atomic E-state index is 5.46. The van der Waals surface area contributed by atoms with Crippen LogP contribution in [0.4, 0.5) is 5.69 Å². The molecule has 1 aromatic carbocycles. The second-order valence-electron chi connectivity index (χ2n) is 5.02. The second kappa shape index (κ2) is 7.98. The summed E-state index contributed by atoms with van der Waals surface area (Å²) in [6.45, 7) is 4.68. The summed E-state index contributed by atoms with van der Waals surface area (Å²) in [5.74, 6) is 0. The Morgan fingerprint density at radius 1 is 1.35 bits per heavy atom. The summed E-state index contributed by atoms with van der Waals surface area (Å²) in [5, 5.41) is 3.62. The van der Waals surface area contributed by atoms with Gasteiger partial charge in [0, 0.05) is 36.5 Å². The number of rotatable bonds is 6. The molecule has 0 spiro atoms. The van der Waals surface area contributed by atoms with Crippen LogP contribution in [0.25, 0.3) is 0 Å². The van der Waals surface area contributed by atoms with Gasteiger partial charge < -0.3 is 19.5 Å². The summed E-state index contributed by atoms with van der Waals surface area (Å²) in [5.41, 5.74) is 3.57. The quantitative estimate of drug-likeness (QED) is 0.634. The van der Waals surface area contributed by atoms with Crippen molar-refractivity contribution in [1.29, 1.82) is 0 Å². The number of benzene rings is 1. The van der Waals surface area contributed by atoms with Crippen LogP contribution >= 0.6 is 15.9 Å². The Balaban J connectivity index is 2.06. The molecule has 5 heteroatoms. The van der Waals surface area contributed by atoms with E-state index >= 15 is 0 Å². The van der Waals surface area contributed by atoms with Crippen molar-refractivity contribution in [3.05, 3.63) is 27.7 Å². The maximum Gasteiger partial charge on any atom is 0.146 e. The molecule has 0 atom stereocenters. The molecule has 0 aliphatic carbocycles. The van der Waals surface area contributed by atoms with Crippen LogP contribution < -0.4 is 5.32 Å². The fourth-order valence-electron chi connectivity index (χ4n) is 2.33. The highest BCUT2D eigenvalue weighted by Gasteiger charge is 2.15. The lowest BCUT2D eigenvalue weighted by molar-refractivity contribution is -0.0392. The molecule has 0 bridgehead atoms. The fourth-order valence-corrected chi connectivity index (χ4v) is 2.84. The Morgan fingerprint density at radius 3 is 2.80 bits per heavy atom. The maximum absolute atomic E-state index is 5.46. The van der Waals surface area contributed by atoms with Crippen LogP contribution in [0.1, 0.15) is 24.0 Å². The Kier molecular flexibility index (Phi) is 6.29. The molecule has 0 radical (unpaired) electrons. The molecule has 2 rings (SSSR count). The van der Waals surface area contributed by atoms with E-state index in [0.717, 1.165) is 30.5 Å². The first-order valence-electron chi connectivity index (χ1n) is 6.90. The van der Waals surface area contributed by atoms with Gasteiger partial charge in [0.1, 0.15) is 6.79 Å². The largest absolute Gasteiger partial charge is 0.382 e. The number of hydrogen-bond acceptors (Lipinski definition) is 4. The molecule has 112 valence electrons. The molecule has 1 saturated heterocycles. The molecule has 1 aliphatic heterocycles. The molecule has 1 N–H and O–H groups in total. The van der Waals surface area contributed by atoms with Gasteiger partial charge in [-0.25, -0.2) is 0 Å². The van der Waals surface area contributed by atoms with Crippen LogP contribution in [0, 0.1) is 6.92 Å². The van der Waals surface area contributed by atoms with Gasteiger partial charge in [-0.05, 0) is 43.0 Å². The van der Waals surface area contributed by atoms with Crippen molar-refractivity contribution in [2.24, 2.45) is 0 Å². The van der Waals surface area contributed by atoms with Gasteiger partial charge in [-0.1, -0.05) is 15.9 Å². The van der Waals surface area contributed by atoms with E-state index in [1.54, 1.807) is 7.11 Å². The summed E-state index contributed by atoms with van der Waals surface area (Å²) in [6, 6.07) is 4.72. The molecule has 1 aliphatic rings. The number of nitrogens with one attached hydrogen (secondary N) is 1. The third kappa shape index (κ3) is 4.45. The predicted octanol–water partition coefficient (Wildman–Crippen LogP) is 3.47. The molecular weight excluding hydrogens is 322 g/mol. The average molecular weight is 344 g/mol. The Labute approximate surface area is 128 Å². The normalized spacial score (nSPS) is 16.4. The van der Waals surface area contributed by atoms with Gasteiger partial charge >= 0.3 is 0 Å². The highest BCUT2D eigenvalue weighted by atomic mass is 79.9. The molecule has 0 saturated carbocycles. The molecule has 0 aromatic heterocycles. The van der Waals surface area contributed by atoms with E-state index in [0.29, 0.717) is 19.4 Å². The van der Waals surface area contributed by atoms with Crippen molar-refractivity contribution >= 4 is 21.6 Å². The molecular formula is C15H22BrNO3. The summed E-state index contributed by atoms with van der Waals surface area (Å²) in [4.78, 5) is 0. The molecule has 0 amide bonds. The van der Waals surface area contributed by atoms with Crippen LogP contribution in [0.15, 0.2) is 16.6 Å². The average Bonchev–Trinajstić information content (AvgIpc) is 2.45. The van der Waals surface area contributed by atoms with Crippen molar-refractivity contribution < 1.29 is 14.2 Å². The van der Waals surface area contributed by atoms with E-state index in [2.05, 4.69) is 40.3 Å². The van der Waals surface area contributed by atoms with Crippen molar-refractivity contribution in [3.63, 3.8) is 0 Å². The lowest BCUT2D eigenvalue weighted by Gasteiger charge is -2.25. The Bertz CT molecular complexity index is 433. The van der Waals surface area contributed by atoms with Gasteiger partial charge in [-0.2, -0.15) is 0 Å². The molecule has 1 aromatic rings. The topological polar surface area (TPSA) is 39.7 Å². The lowest BCUT2D eigenvalue weighted by Crippen LogP contribution is -2.28. The first-order chi connectivity index (χ1) is 9.70. The van der Waals surface area contributed by atoms with Crippen molar-refractivity contribution in [2.75, 3.05) is 32.4 Å². The van der Waals surface area contributed by atoms with E-state index in [-0.39, 0.29) is 0 Å². The van der Waals surface area contributed by atoms with Gasteiger partial charge in [0.2, 0.25) is 0 Å². The monoisotopic (exact) mass is 343 g/mol. The summed E-state index contributed by atoms with van der Waals surface area (Å²) in [6.07, 6.45) is 2.11. The Morgan fingerprint density at radius 2 is 2.10 bits per heavy atom. The number of anilines is 1. The standard InChI is InChI=1S/C15H22BrNO3/c1-11-12(9-20-10-18-2)7-13(16)8-15(11)17-14-3-5-19-6-4-14/h7-8,14,17H,3-6,9-10H2,1-2H3. The summed E-state index contributed by atoms with van der Waals surface area (Å²) < 4.78 is 16.8. The number of methoxy groups -OCH3 is 1. The van der Waals surface area contributed by atoms with Gasteiger partial charge in [0.05, 0.1) is 6.61 Å². The number of hydrogen-bond donors (Lipinski definition) is 1. The van der Waals surface area contributed by atoms with Crippen molar-refractivity contribution in [1.82, 2.24) is 0 Å². The van der Waals surface area contributed by atoms with Crippen LogP contribution in [-0.4, -0.2) is 33.2 Å². The number of halogens is 1. The highest BCUT2D eigenvalue weighted by Crippen LogP contribution is 2.27. The van der Waals surface area contributed by atoms with Crippen LogP contribution in [0.2, 0.25) is 0 Å². The van der Waals surface area contributed by atoms with E-state index in [1.807, 2.05) is 0 Å². The predicted molar refractivity (Wildman–Crippen MR) is 83.0 cm³/mol. The second-order valence-corrected chi connectivity index (χ2v) is 5.94. The fraction of sp³-hybridized carbons (Fsp3) is 0.600. The van der Waals surface area contributed by atoms with Crippen LogP contribution in [0.3, 0.4) is 0 Å². The lowest BCUT2D eigenvalue weighted by atomic mass is 10.0. The first kappa shape index (κ1) is 15.8. The minimum atomic E-state index is 0.314. The SMILES string of the molecule is COCOCc1cc(Br)cc(NC2CCOCC2)c1C. The van der Waals surface area contributed by atoms with E-state index < -0.39 is 0 Å². The zero-order chi connectivity index (χ0) is 14.4. The minimum absolute atomic E-state index is 0.314. The zero-order valence-corrected chi connectivity index (χ0v) is 13.7. The molecule has 20 heavy (non-hydrogen) atoms. The smallest absolute Gasteiger partial charge is 0.146 e. The Hall–Kier alpha value is -0.620. The van der Waals surface area contributed by atoms with E-state index in [9.17, 15) is 0 Å². The third-order valence-electron chi connectivity index (χ3n) is 3.52.